The molecule has 4 unspecified atom stereocenters. The molecule has 0 aromatic heterocycles. The molecule has 1 aliphatic heterocycles. The Bertz CT molecular complexity index is 214. The molecule has 1 aliphatic carbocycles. The van der Waals surface area contributed by atoms with E-state index in [9.17, 15) is 5.11 Å². The summed E-state index contributed by atoms with van der Waals surface area (Å²) in [6.45, 7) is 2.06. The smallest absolute Gasteiger partial charge is 0.0696 e. The van der Waals surface area contributed by atoms with Crippen LogP contribution >= 0.6 is 0 Å². The van der Waals surface area contributed by atoms with Crippen LogP contribution in [0.4, 0.5) is 0 Å². The molecule has 4 atom stereocenters. The first kappa shape index (κ1) is 10.2. The van der Waals surface area contributed by atoms with Gasteiger partial charge >= 0.3 is 0 Å². The summed E-state index contributed by atoms with van der Waals surface area (Å²) in [4.78, 5) is 0. The normalized spacial score (nSPS) is 43.9. The highest BCUT2D eigenvalue weighted by molar-refractivity contribution is 5.00. The third-order valence-corrected chi connectivity index (χ3v) is 3.68. The number of allylic oxidation sites excluding steroid dienone is 1. The lowest BCUT2D eigenvalue weighted by atomic mass is 9.76. The zero-order valence-electron chi connectivity index (χ0n) is 8.95. The van der Waals surface area contributed by atoms with Crippen molar-refractivity contribution in [2.24, 2.45) is 5.92 Å². The highest BCUT2D eigenvalue weighted by Gasteiger charge is 2.35. The fourth-order valence-corrected chi connectivity index (χ4v) is 2.94. The zero-order chi connectivity index (χ0) is 9.97. The van der Waals surface area contributed by atoms with E-state index < -0.39 is 0 Å². The van der Waals surface area contributed by atoms with Gasteiger partial charge in [0, 0.05) is 12.1 Å². The van der Waals surface area contributed by atoms with Crippen molar-refractivity contribution in [1.29, 1.82) is 0 Å². The van der Waals surface area contributed by atoms with E-state index in [0.29, 0.717) is 12.1 Å². The molecular formula is C12H21NO. The largest absolute Gasteiger partial charge is 0.391 e. The van der Waals surface area contributed by atoms with E-state index >= 15 is 0 Å². The van der Waals surface area contributed by atoms with Gasteiger partial charge in [-0.15, -0.1) is 0 Å². The molecule has 0 bridgehead atoms. The third-order valence-electron chi connectivity index (χ3n) is 3.68. The molecule has 1 heterocycles. The van der Waals surface area contributed by atoms with Crippen molar-refractivity contribution in [3.05, 3.63) is 12.2 Å². The van der Waals surface area contributed by atoms with E-state index in [-0.39, 0.29) is 6.10 Å². The molecule has 80 valence electrons. The number of hydrogen-bond acceptors (Lipinski definition) is 2. The molecule has 2 fully saturated rings. The van der Waals surface area contributed by atoms with Gasteiger partial charge in [0.05, 0.1) is 6.10 Å². The van der Waals surface area contributed by atoms with E-state index in [1.165, 1.54) is 25.7 Å². The van der Waals surface area contributed by atoms with Crippen molar-refractivity contribution >= 4 is 0 Å². The van der Waals surface area contributed by atoms with Gasteiger partial charge in [-0.1, -0.05) is 18.6 Å². The molecule has 2 nitrogen and oxygen atoms in total. The van der Waals surface area contributed by atoms with E-state index in [4.69, 9.17) is 0 Å². The van der Waals surface area contributed by atoms with Crippen LogP contribution < -0.4 is 5.32 Å². The van der Waals surface area contributed by atoms with Gasteiger partial charge in [-0.2, -0.15) is 0 Å². The van der Waals surface area contributed by atoms with Crippen LogP contribution in [0.5, 0.6) is 0 Å². The molecular weight excluding hydrogens is 174 g/mol. The summed E-state index contributed by atoms with van der Waals surface area (Å²) in [6.07, 6.45) is 10.2. The van der Waals surface area contributed by atoms with Crippen LogP contribution in [0, 0.1) is 5.92 Å². The maximum absolute atomic E-state index is 9.90. The highest BCUT2D eigenvalue weighted by Crippen LogP contribution is 2.32. The van der Waals surface area contributed by atoms with Crippen LogP contribution in [-0.4, -0.2) is 23.3 Å². The minimum absolute atomic E-state index is 0.109. The molecule has 2 heteroatoms. The monoisotopic (exact) mass is 195 g/mol. The third kappa shape index (κ3) is 2.01. The summed E-state index contributed by atoms with van der Waals surface area (Å²) in [7, 11) is 0. The molecule has 0 radical (unpaired) electrons. The number of aliphatic hydroxyl groups is 1. The fourth-order valence-electron chi connectivity index (χ4n) is 2.94. The minimum atomic E-state index is -0.109. The average Bonchev–Trinajstić information content (AvgIpc) is 2.20. The predicted molar refractivity (Wildman–Crippen MR) is 58.1 cm³/mol. The SMILES string of the molecule is C/C=C/C1CCC2CCCC(O)C2N1. The maximum Gasteiger partial charge on any atom is 0.0696 e. The Morgan fingerprint density at radius 2 is 2.07 bits per heavy atom. The first-order chi connectivity index (χ1) is 6.81. The van der Waals surface area contributed by atoms with E-state index in [0.717, 1.165) is 12.3 Å². The lowest BCUT2D eigenvalue weighted by molar-refractivity contribution is 0.0354. The van der Waals surface area contributed by atoms with Crippen LogP contribution in [0.25, 0.3) is 0 Å². The average molecular weight is 195 g/mol. The Morgan fingerprint density at radius 1 is 1.21 bits per heavy atom. The number of hydrogen-bond donors (Lipinski definition) is 2. The predicted octanol–water partition coefficient (Wildman–Crippen LogP) is 1.84. The molecule has 0 spiro atoms. The van der Waals surface area contributed by atoms with Gasteiger partial charge in [-0.05, 0) is 38.5 Å². The van der Waals surface area contributed by atoms with Crippen molar-refractivity contribution in [3.8, 4) is 0 Å². The second kappa shape index (κ2) is 4.45. The molecule has 2 N–H and O–H groups in total. The Kier molecular flexibility index (Phi) is 3.24. The van der Waals surface area contributed by atoms with Crippen molar-refractivity contribution in [2.75, 3.05) is 0 Å². The molecule has 1 saturated carbocycles. The maximum atomic E-state index is 9.90. The molecule has 0 amide bonds. The highest BCUT2D eigenvalue weighted by atomic mass is 16.3. The first-order valence-electron chi connectivity index (χ1n) is 5.88. The van der Waals surface area contributed by atoms with Crippen molar-refractivity contribution in [1.82, 2.24) is 5.32 Å². The molecule has 14 heavy (non-hydrogen) atoms. The van der Waals surface area contributed by atoms with E-state index in [2.05, 4.69) is 24.4 Å². The molecule has 0 aromatic rings. The fraction of sp³-hybridized carbons (Fsp3) is 0.833. The molecule has 1 saturated heterocycles. The second-order valence-corrected chi connectivity index (χ2v) is 4.66. The van der Waals surface area contributed by atoms with Crippen LogP contribution in [0.3, 0.4) is 0 Å². The van der Waals surface area contributed by atoms with E-state index in [1.807, 2.05) is 0 Å². The van der Waals surface area contributed by atoms with Crippen LogP contribution in [0.15, 0.2) is 12.2 Å². The molecule has 0 aromatic carbocycles. The summed E-state index contributed by atoms with van der Waals surface area (Å²) in [5.41, 5.74) is 0. The van der Waals surface area contributed by atoms with Crippen molar-refractivity contribution in [2.45, 2.75) is 57.2 Å². The number of aliphatic hydroxyl groups excluding tert-OH is 1. The summed E-state index contributed by atoms with van der Waals surface area (Å²) < 4.78 is 0. The van der Waals surface area contributed by atoms with Crippen molar-refractivity contribution < 1.29 is 5.11 Å². The van der Waals surface area contributed by atoms with Gasteiger partial charge in [0.2, 0.25) is 0 Å². The van der Waals surface area contributed by atoms with Gasteiger partial charge in [-0.25, -0.2) is 0 Å². The number of nitrogens with one attached hydrogen (secondary N) is 1. The number of fused-ring (bicyclic) bond motifs is 1. The van der Waals surface area contributed by atoms with Gasteiger partial charge < -0.3 is 10.4 Å². The Labute approximate surface area is 86.4 Å². The number of rotatable bonds is 1. The van der Waals surface area contributed by atoms with E-state index in [1.54, 1.807) is 0 Å². The van der Waals surface area contributed by atoms with Gasteiger partial charge in [0.15, 0.2) is 0 Å². The lowest BCUT2D eigenvalue weighted by Crippen LogP contribution is -2.54. The minimum Gasteiger partial charge on any atom is -0.391 e. The zero-order valence-corrected chi connectivity index (χ0v) is 8.95. The second-order valence-electron chi connectivity index (χ2n) is 4.66. The first-order valence-corrected chi connectivity index (χ1v) is 5.88. The molecule has 2 aliphatic rings. The standard InChI is InChI=1S/C12H21NO/c1-2-4-10-8-7-9-5-3-6-11(14)12(9)13-10/h2,4,9-14H,3,5-8H2,1H3/b4-2+. The van der Waals surface area contributed by atoms with Crippen LogP contribution in [-0.2, 0) is 0 Å². The van der Waals surface area contributed by atoms with Gasteiger partial charge in [0.25, 0.3) is 0 Å². The quantitative estimate of drug-likeness (QED) is 0.626. The Morgan fingerprint density at radius 3 is 2.86 bits per heavy atom. The van der Waals surface area contributed by atoms with Gasteiger partial charge in [0.1, 0.15) is 0 Å². The summed E-state index contributed by atoms with van der Waals surface area (Å²) in [5, 5.41) is 13.5. The Balaban J connectivity index is 1.98. The summed E-state index contributed by atoms with van der Waals surface area (Å²) in [5.74, 6) is 0.722. The molecule has 2 rings (SSSR count). The number of piperidine rings is 1. The van der Waals surface area contributed by atoms with Crippen molar-refractivity contribution in [3.63, 3.8) is 0 Å². The topological polar surface area (TPSA) is 32.3 Å². The van der Waals surface area contributed by atoms with Crippen LogP contribution in [0.1, 0.15) is 39.0 Å². The Hall–Kier alpha value is -0.340. The summed E-state index contributed by atoms with van der Waals surface area (Å²) >= 11 is 0. The summed E-state index contributed by atoms with van der Waals surface area (Å²) in [6, 6.07) is 0.854. The lowest BCUT2D eigenvalue weighted by Gasteiger charge is -2.42. The van der Waals surface area contributed by atoms with Gasteiger partial charge in [-0.3, -0.25) is 0 Å². The van der Waals surface area contributed by atoms with Crippen LogP contribution in [0.2, 0.25) is 0 Å².